The molecule has 0 aliphatic carbocycles. The van der Waals surface area contributed by atoms with Gasteiger partial charge in [0.1, 0.15) is 11.5 Å². The van der Waals surface area contributed by atoms with Gasteiger partial charge in [0.05, 0.1) is 12.8 Å². The molecule has 0 bridgehead atoms. The SMILES string of the molecule is COc1ccc(NC(=O)COc2ccccc2NC(C)=O)cc1. The Labute approximate surface area is 134 Å². The van der Waals surface area contributed by atoms with Gasteiger partial charge < -0.3 is 20.1 Å². The Kier molecular flexibility index (Phi) is 5.57. The number of hydrogen-bond donors (Lipinski definition) is 2. The number of ether oxygens (including phenoxy) is 2. The van der Waals surface area contributed by atoms with Crippen molar-refractivity contribution in [3.05, 3.63) is 48.5 Å². The van der Waals surface area contributed by atoms with Gasteiger partial charge in [-0.3, -0.25) is 9.59 Å². The first-order valence-electron chi connectivity index (χ1n) is 7.02. The Balaban J connectivity index is 1.92. The second-order valence-electron chi connectivity index (χ2n) is 4.74. The monoisotopic (exact) mass is 314 g/mol. The largest absolute Gasteiger partial charge is 0.497 e. The van der Waals surface area contributed by atoms with Gasteiger partial charge in [-0.2, -0.15) is 0 Å². The predicted octanol–water partition coefficient (Wildman–Crippen LogP) is 2.67. The Morgan fingerprint density at radius 3 is 2.35 bits per heavy atom. The summed E-state index contributed by atoms with van der Waals surface area (Å²) < 4.78 is 10.5. The lowest BCUT2D eigenvalue weighted by Gasteiger charge is -2.11. The zero-order chi connectivity index (χ0) is 16.7. The summed E-state index contributed by atoms with van der Waals surface area (Å²) in [7, 11) is 1.58. The molecule has 2 amide bonds. The van der Waals surface area contributed by atoms with E-state index in [1.165, 1.54) is 6.92 Å². The summed E-state index contributed by atoms with van der Waals surface area (Å²) in [5, 5.41) is 5.37. The molecule has 2 aromatic carbocycles. The number of hydrogen-bond acceptors (Lipinski definition) is 4. The number of benzene rings is 2. The smallest absolute Gasteiger partial charge is 0.262 e. The van der Waals surface area contributed by atoms with Gasteiger partial charge in [0.15, 0.2) is 6.61 Å². The second-order valence-corrected chi connectivity index (χ2v) is 4.74. The summed E-state index contributed by atoms with van der Waals surface area (Å²) in [5.41, 5.74) is 1.17. The molecule has 23 heavy (non-hydrogen) atoms. The third kappa shape index (κ3) is 5.03. The van der Waals surface area contributed by atoms with Crippen LogP contribution in [0.15, 0.2) is 48.5 Å². The van der Waals surface area contributed by atoms with Gasteiger partial charge in [0, 0.05) is 12.6 Å². The lowest BCUT2D eigenvalue weighted by atomic mass is 10.3. The van der Waals surface area contributed by atoms with Crippen LogP contribution < -0.4 is 20.1 Å². The summed E-state index contributed by atoms with van der Waals surface area (Å²) in [4.78, 5) is 23.1. The molecule has 0 spiro atoms. The topological polar surface area (TPSA) is 76.7 Å². The van der Waals surface area contributed by atoms with Crippen molar-refractivity contribution >= 4 is 23.2 Å². The molecule has 0 unspecified atom stereocenters. The highest BCUT2D eigenvalue weighted by Gasteiger charge is 2.08. The van der Waals surface area contributed by atoms with E-state index in [0.29, 0.717) is 22.9 Å². The van der Waals surface area contributed by atoms with Crippen LogP contribution in [0.4, 0.5) is 11.4 Å². The first-order chi connectivity index (χ1) is 11.1. The number of carbonyl (C=O) groups is 2. The number of rotatable bonds is 6. The number of anilines is 2. The van der Waals surface area contributed by atoms with E-state index in [1.807, 2.05) is 0 Å². The highest BCUT2D eigenvalue weighted by Crippen LogP contribution is 2.23. The zero-order valence-corrected chi connectivity index (χ0v) is 13.0. The molecule has 0 saturated heterocycles. The molecule has 0 fully saturated rings. The van der Waals surface area contributed by atoms with Crippen LogP contribution in [0.1, 0.15) is 6.92 Å². The first-order valence-corrected chi connectivity index (χ1v) is 7.02. The molecule has 0 radical (unpaired) electrons. The normalized spacial score (nSPS) is 9.83. The van der Waals surface area contributed by atoms with Crippen LogP contribution >= 0.6 is 0 Å². The quantitative estimate of drug-likeness (QED) is 0.859. The van der Waals surface area contributed by atoms with Gasteiger partial charge in [0.25, 0.3) is 5.91 Å². The van der Waals surface area contributed by atoms with Gasteiger partial charge in [0.2, 0.25) is 5.91 Å². The first kappa shape index (κ1) is 16.4. The van der Waals surface area contributed by atoms with E-state index >= 15 is 0 Å². The molecule has 120 valence electrons. The summed E-state index contributed by atoms with van der Waals surface area (Å²) in [6.45, 7) is 1.25. The number of carbonyl (C=O) groups excluding carboxylic acids is 2. The van der Waals surface area contributed by atoms with Crippen LogP contribution in [0.25, 0.3) is 0 Å². The molecule has 0 aromatic heterocycles. The zero-order valence-electron chi connectivity index (χ0n) is 13.0. The number of para-hydroxylation sites is 2. The van der Waals surface area contributed by atoms with Crippen LogP contribution in [-0.4, -0.2) is 25.5 Å². The molecule has 0 aliphatic heterocycles. The maximum absolute atomic E-state index is 11.9. The van der Waals surface area contributed by atoms with Crippen molar-refractivity contribution in [2.75, 3.05) is 24.4 Å². The van der Waals surface area contributed by atoms with Crippen LogP contribution in [-0.2, 0) is 9.59 Å². The van der Waals surface area contributed by atoms with Crippen LogP contribution in [0.5, 0.6) is 11.5 Å². The average Bonchev–Trinajstić information content (AvgIpc) is 2.54. The van der Waals surface area contributed by atoms with Gasteiger partial charge in [-0.25, -0.2) is 0 Å². The molecule has 2 N–H and O–H groups in total. The molecular weight excluding hydrogens is 296 g/mol. The lowest BCUT2D eigenvalue weighted by molar-refractivity contribution is -0.118. The van der Waals surface area contributed by atoms with E-state index in [9.17, 15) is 9.59 Å². The highest BCUT2D eigenvalue weighted by atomic mass is 16.5. The van der Waals surface area contributed by atoms with Crippen molar-refractivity contribution in [1.29, 1.82) is 0 Å². The van der Waals surface area contributed by atoms with E-state index in [2.05, 4.69) is 10.6 Å². The van der Waals surface area contributed by atoms with Gasteiger partial charge in [-0.15, -0.1) is 0 Å². The van der Waals surface area contributed by atoms with E-state index in [4.69, 9.17) is 9.47 Å². The van der Waals surface area contributed by atoms with E-state index in [0.717, 1.165) is 0 Å². The van der Waals surface area contributed by atoms with E-state index in [-0.39, 0.29) is 18.4 Å². The third-order valence-electron chi connectivity index (χ3n) is 2.93. The minimum atomic E-state index is -0.298. The minimum absolute atomic E-state index is 0.164. The fraction of sp³-hybridized carbons (Fsp3) is 0.176. The van der Waals surface area contributed by atoms with Crippen LogP contribution in [0.2, 0.25) is 0 Å². The van der Waals surface area contributed by atoms with E-state index < -0.39 is 0 Å². The maximum Gasteiger partial charge on any atom is 0.262 e. The predicted molar refractivity (Wildman–Crippen MR) is 87.9 cm³/mol. The lowest BCUT2D eigenvalue weighted by Crippen LogP contribution is -2.20. The summed E-state index contributed by atoms with van der Waals surface area (Å²) >= 11 is 0. The Bertz CT molecular complexity index is 683. The number of methoxy groups -OCH3 is 1. The molecule has 0 aliphatic rings. The molecule has 0 heterocycles. The van der Waals surface area contributed by atoms with E-state index in [1.54, 1.807) is 55.6 Å². The van der Waals surface area contributed by atoms with Crippen molar-refractivity contribution in [2.24, 2.45) is 0 Å². The Morgan fingerprint density at radius 1 is 1.00 bits per heavy atom. The summed E-state index contributed by atoms with van der Waals surface area (Å²) in [5.74, 6) is 0.646. The molecule has 2 aromatic rings. The highest BCUT2D eigenvalue weighted by molar-refractivity contribution is 5.92. The summed E-state index contributed by atoms with van der Waals surface area (Å²) in [6.07, 6.45) is 0. The Hall–Kier alpha value is -3.02. The average molecular weight is 314 g/mol. The van der Waals surface area contributed by atoms with Crippen molar-refractivity contribution in [3.63, 3.8) is 0 Å². The van der Waals surface area contributed by atoms with Crippen molar-refractivity contribution < 1.29 is 19.1 Å². The third-order valence-corrected chi connectivity index (χ3v) is 2.93. The van der Waals surface area contributed by atoms with Crippen molar-refractivity contribution in [2.45, 2.75) is 6.92 Å². The van der Waals surface area contributed by atoms with Gasteiger partial charge >= 0.3 is 0 Å². The van der Waals surface area contributed by atoms with Gasteiger partial charge in [-0.1, -0.05) is 12.1 Å². The molecule has 0 saturated carbocycles. The Morgan fingerprint density at radius 2 is 1.70 bits per heavy atom. The van der Waals surface area contributed by atoms with Crippen LogP contribution in [0.3, 0.4) is 0 Å². The van der Waals surface area contributed by atoms with Crippen LogP contribution in [0, 0.1) is 0 Å². The maximum atomic E-state index is 11.9. The fourth-order valence-corrected chi connectivity index (χ4v) is 1.90. The fourth-order valence-electron chi connectivity index (χ4n) is 1.90. The molecule has 0 atom stereocenters. The minimum Gasteiger partial charge on any atom is -0.497 e. The molecule has 2 rings (SSSR count). The van der Waals surface area contributed by atoms with Gasteiger partial charge in [-0.05, 0) is 36.4 Å². The number of nitrogens with one attached hydrogen (secondary N) is 2. The number of amides is 2. The molecule has 6 heteroatoms. The summed E-state index contributed by atoms with van der Waals surface area (Å²) in [6, 6.07) is 13.9. The van der Waals surface area contributed by atoms with Crippen molar-refractivity contribution in [1.82, 2.24) is 0 Å². The molecular formula is C17H18N2O4. The second kappa shape index (κ2) is 7.84. The molecule has 6 nitrogen and oxygen atoms in total. The standard InChI is InChI=1S/C17H18N2O4/c1-12(20)18-15-5-3-4-6-16(15)23-11-17(21)19-13-7-9-14(22-2)10-8-13/h3-10H,11H2,1-2H3,(H,18,20)(H,19,21). The van der Waals surface area contributed by atoms with Crippen molar-refractivity contribution in [3.8, 4) is 11.5 Å².